The van der Waals surface area contributed by atoms with Crippen LogP contribution in [0.5, 0.6) is 0 Å². The van der Waals surface area contributed by atoms with Gasteiger partial charge in [0.25, 0.3) is 10.2 Å². The van der Waals surface area contributed by atoms with E-state index in [0.29, 0.717) is 13.1 Å². The lowest BCUT2D eigenvalue weighted by atomic mass is 10.0. The molecule has 3 rings (SSSR count). The number of hydrogen-bond donors (Lipinski definition) is 2. The highest BCUT2D eigenvalue weighted by Crippen LogP contribution is 2.22. The van der Waals surface area contributed by atoms with E-state index in [9.17, 15) is 8.42 Å². The molecule has 0 saturated carbocycles. The Hall–Kier alpha value is -1.51. The molecule has 3 N–H and O–H groups in total. The molecule has 0 aromatic heterocycles. The summed E-state index contributed by atoms with van der Waals surface area (Å²) in [5, 5.41) is 2.17. The van der Waals surface area contributed by atoms with Crippen molar-refractivity contribution in [3.8, 4) is 0 Å². The highest BCUT2D eigenvalue weighted by Gasteiger charge is 2.32. The van der Waals surface area contributed by atoms with Gasteiger partial charge in [0, 0.05) is 19.6 Å². The maximum Gasteiger partial charge on any atom is 0.280 e. The fraction of sp³-hybridized carbons (Fsp3) is 0.444. The number of rotatable bonds is 5. The molecule has 2 aromatic rings. The molecule has 3 atom stereocenters. The first-order valence-corrected chi connectivity index (χ1v) is 9.94. The van der Waals surface area contributed by atoms with Crippen molar-refractivity contribution >= 4 is 21.0 Å². The molecule has 136 valence electrons. The molecule has 1 saturated heterocycles. The average Bonchev–Trinajstić information content (AvgIpc) is 2.58. The van der Waals surface area contributed by atoms with Crippen LogP contribution in [-0.2, 0) is 14.9 Å². The van der Waals surface area contributed by atoms with E-state index in [4.69, 9.17) is 10.5 Å². The first-order valence-electron chi connectivity index (χ1n) is 8.50. The number of nitrogens with two attached hydrogens (primary N) is 1. The van der Waals surface area contributed by atoms with Crippen LogP contribution < -0.4 is 10.5 Å². The summed E-state index contributed by atoms with van der Waals surface area (Å²) >= 11 is 0. The normalized spacial score (nSPS) is 23.6. The van der Waals surface area contributed by atoms with Gasteiger partial charge in [-0.1, -0.05) is 36.4 Å². The van der Waals surface area contributed by atoms with E-state index in [1.807, 2.05) is 56.3 Å². The molecule has 6 nitrogen and oxygen atoms in total. The van der Waals surface area contributed by atoms with Crippen LogP contribution >= 0.6 is 0 Å². The zero-order valence-electron chi connectivity index (χ0n) is 14.6. The van der Waals surface area contributed by atoms with E-state index in [-0.39, 0.29) is 18.8 Å². The second kappa shape index (κ2) is 7.39. The molecule has 0 spiro atoms. The Morgan fingerprint density at radius 3 is 2.44 bits per heavy atom. The summed E-state index contributed by atoms with van der Waals surface area (Å²) in [5.74, 6) is 0. The maximum absolute atomic E-state index is 12.8. The molecule has 1 heterocycles. The Morgan fingerprint density at radius 2 is 1.80 bits per heavy atom. The minimum absolute atomic E-state index is 0.127. The van der Waals surface area contributed by atoms with Gasteiger partial charge in [0.2, 0.25) is 0 Å². The van der Waals surface area contributed by atoms with Gasteiger partial charge in [0.05, 0.1) is 18.2 Å². The van der Waals surface area contributed by atoms with Gasteiger partial charge in [0.15, 0.2) is 0 Å². The molecule has 3 unspecified atom stereocenters. The third kappa shape index (κ3) is 4.19. The third-order valence-electron chi connectivity index (χ3n) is 4.43. The van der Waals surface area contributed by atoms with Crippen LogP contribution in [0.15, 0.2) is 42.5 Å². The highest BCUT2D eigenvalue weighted by atomic mass is 32.2. The van der Waals surface area contributed by atoms with E-state index in [1.165, 1.54) is 4.31 Å². The van der Waals surface area contributed by atoms with Gasteiger partial charge in [-0.05, 0) is 36.2 Å². The highest BCUT2D eigenvalue weighted by molar-refractivity contribution is 7.87. The number of nitrogens with one attached hydrogen (secondary N) is 1. The van der Waals surface area contributed by atoms with Crippen molar-refractivity contribution in [3.05, 3.63) is 48.0 Å². The molecule has 0 radical (unpaired) electrons. The minimum atomic E-state index is -3.64. The zero-order valence-corrected chi connectivity index (χ0v) is 15.4. The molecule has 7 heteroatoms. The van der Waals surface area contributed by atoms with Crippen LogP contribution in [0, 0.1) is 0 Å². The van der Waals surface area contributed by atoms with Crippen LogP contribution in [-0.4, -0.2) is 44.6 Å². The smallest absolute Gasteiger partial charge is 0.280 e. The summed E-state index contributed by atoms with van der Waals surface area (Å²) in [6, 6.07) is 13.4. The number of benzene rings is 2. The van der Waals surface area contributed by atoms with Crippen LogP contribution in [0.1, 0.15) is 25.5 Å². The summed E-state index contributed by atoms with van der Waals surface area (Å²) in [7, 11) is -3.64. The molecule has 1 aliphatic heterocycles. The summed E-state index contributed by atoms with van der Waals surface area (Å²) in [5.41, 5.74) is 6.73. The van der Waals surface area contributed by atoms with Crippen molar-refractivity contribution in [2.75, 3.05) is 19.6 Å². The van der Waals surface area contributed by atoms with Crippen molar-refractivity contribution in [1.29, 1.82) is 0 Å². The molecular weight excluding hydrogens is 338 g/mol. The summed E-state index contributed by atoms with van der Waals surface area (Å²) in [4.78, 5) is 0. The van der Waals surface area contributed by atoms with Crippen LogP contribution in [0.4, 0.5) is 0 Å². The molecule has 0 amide bonds. The standard InChI is InChI=1S/C18H25N3O3S/c1-13-11-21(12-14(2)24-13)25(22,23)20-18(10-19)17-8-7-15-5-3-4-6-16(15)9-17/h3-9,13-14,18,20H,10-12,19H2,1-2H3. The average molecular weight is 363 g/mol. The zero-order chi connectivity index (χ0) is 18.0. The molecule has 2 aromatic carbocycles. The van der Waals surface area contributed by atoms with Gasteiger partial charge in [-0.2, -0.15) is 17.4 Å². The van der Waals surface area contributed by atoms with Crippen LogP contribution in [0.25, 0.3) is 10.8 Å². The number of hydrogen-bond acceptors (Lipinski definition) is 4. The van der Waals surface area contributed by atoms with Crippen molar-refractivity contribution in [1.82, 2.24) is 9.03 Å². The van der Waals surface area contributed by atoms with E-state index in [2.05, 4.69) is 4.72 Å². The number of fused-ring (bicyclic) bond motifs is 1. The van der Waals surface area contributed by atoms with Crippen molar-refractivity contribution < 1.29 is 13.2 Å². The fourth-order valence-electron chi connectivity index (χ4n) is 3.26. The summed E-state index contributed by atoms with van der Waals surface area (Å²) < 4.78 is 35.4. The Bertz CT molecular complexity index is 830. The quantitative estimate of drug-likeness (QED) is 0.848. The predicted octanol–water partition coefficient (Wildman–Crippen LogP) is 1.78. The largest absolute Gasteiger partial charge is 0.373 e. The van der Waals surface area contributed by atoms with Gasteiger partial charge in [-0.25, -0.2) is 0 Å². The first kappa shape index (κ1) is 18.3. The Morgan fingerprint density at radius 1 is 1.16 bits per heavy atom. The van der Waals surface area contributed by atoms with E-state index in [0.717, 1.165) is 16.3 Å². The molecule has 25 heavy (non-hydrogen) atoms. The van der Waals surface area contributed by atoms with Gasteiger partial charge in [-0.3, -0.25) is 0 Å². The SMILES string of the molecule is CC1CN(S(=O)(=O)NC(CN)c2ccc3ccccc3c2)CC(C)O1. The second-order valence-corrected chi connectivity index (χ2v) is 8.29. The van der Waals surface area contributed by atoms with Gasteiger partial charge >= 0.3 is 0 Å². The van der Waals surface area contributed by atoms with Gasteiger partial charge < -0.3 is 10.5 Å². The number of nitrogens with zero attached hydrogens (tertiary/aromatic N) is 1. The molecule has 1 fully saturated rings. The lowest BCUT2D eigenvalue weighted by Gasteiger charge is -2.35. The number of morpholine rings is 1. The van der Waals surface area contributed by atoms with Crippen molar-refractivity contribution in [2.24, 2.45) is 5.73 Å². The Balaban J connectivity index is 1.82. The molecular formula is C18H25N3O3S. The summed E-state index contributed by atoms with van der Waals surface area (Å²) in [6.45, 7) is 4.63. The Kier molecular flexibility index (Phi) is 5.41. The predicted molar refractivity (Wildman–Crippen MR) is 99.4 cm³/mol. The van der Waals surface area contributed by atoms with Crippen LogP contribution in [0.3, 0.4) is 0 Å². The lowest BCUT2D eigenvalue weighted by Crippen LogP contribution is -2.53. The minimum Gasteiger partial charge on any atom is -0.373 e. The van der Waals surface area contributed by atoms with E-state index in [1.54, 1.807) is 0 Å². The second-order valence-electron chi connectivity index (χ2n) is 6.59. The van der Waals surface area contributed by atoms with Crippen molar-refractivity contribution in [2.45, 2.75) is 32.1 Å². The topological polar surface area (TPSA) is 84.7 Å². The van der Waals surface area contributed by atoms with Gasteiger partial charge in [0.1, 0.15) is 0 Å². The lowest BCUT2D eigenvalue weighted by molar-refractivity contribution is -0.0444. The monoisotopic (exact) mass is 363 g/mol. The van der Waals surface area contributed by atoms with Crippen LogP contribution in [0.2, 0.25) is 0 Å². The Labute approximate surface area is 149 Å². The maximum atomic E-state index is 12.8. The van der Waals surface area contributed by atoms with Gasteiger partial charge in [-0.15, -0.1) is 0 Å². The summed E-state index contributed by atoms with van der Waals surface area (Å²) in [6.07, 6.45) is -0.255. The fourth-order valence-corrected chi connectivity index (χ4v) is 4.81. The number of ether oxygens (including phenoxy) is 1. The molecule has 0 aliphatic carbocycles. The molecule has 0 bridgehead atoms. The molecule has 1 aliphatic rings. The van der Waals surface area contributed by atoms with Crippen molar-refractivity contribution in [3.63, 3.8) is 0 Å². The van der Waals surface area contributed by atoms with E-state index < -0.39 is 16.3 Å². The van der Waals surface area contributed by atoms with E-state index >= 15 is 0 Å². The first-order chi connectivity index (χ1) is 11.9. The third-order valence-corrected chi connectivity index (χ3v) is 5.99.